The van der Waals surface area contributed by atoms with Gasteiger partial charge in [-0.25, -0.2) is 9.69 Å². The van der Waals surface area contributed by atoms with Crippen LogP contribution in [0.2, 0.25) is 0 Å². The Labute approximate surface area is 161 Å². The molecule has 28 heavy (non-hydrogen) atoms. The fourth-order valence-electron chi connectivity index (χ4n) is 3.10. The maximum atomic E-state index is 12.9. The van der Waals surface area contributed by atoms with Crippen LogP contribution in [0.15, 0.2) is 46.4 Å². The number of furan rings is 1. The van der Waals surface area contributed by atoms with Crippen molar-refractivity contribution in [3.8, 4) is 0 Å². The van der Waals surface area contributed by atoms with Crippen LogP contribution >= 0.6 is 0 Å². The summed E-state index contributed by atoms with van der Waals surface area (Å²) in [5.41, 5.74) is 1.22. The number of ether oxygens (including phenoxy) is 1. The highest BCUT2D eigenvalue weighted by molar-refractivity contribution is 6.39. The topological polar surface area (TPSA) is 92.1 Å². The molecule has 4 amide bonds. The van der Waals surface area contributed by atoms with E-state index in [9.17, 15) is 14.4 Å². The Morgan fingerprint density at radius 1 is 1.00 bits per heavy atom. The van der Waals surface area contributed by atoms with Gasteiger partial charge in [0.05, 0.1) is 18.9 Å². The first-order chi connectivity index (χ1) is 13.5. The van der Waals surface area contributed by atoms with Crippen LogP contribution in [0.25, 0.3) is 6.08 Å². The minimum absolute atomic E-state index is 0.164. The van der Waals surface area contributed by atoms with Gasteiger partial charge in [0.15, 0.2) is 5.88 Å². The molecule has 4 rings (SSSR count). The van der Waals surface area contributed by atoms with Gasteiger partial charge in [0.1, 0.15) is 11.3 Å². The second-order valence-corrected chi connectivity index (χ2v) is 6.57. The number of hydrogen-bond donors (Lipinski definition) is 1. The summed E-state index contributed by atoms with van der Waals surface area (Å²) in [6, 6.07) is 9.59. The Hall–Kier alpha value is -3.39. The second-order valence-electron chi connectivity index (χ2n) is 6.57. The van der Waals surface area contributed by atoms with Crippen molar-refractivity contribution in [2.45, 2.75) is 6.92 Å². The number of hydrogen-bond acceptors (Lipinski definition) is 6. The SMILES string of the molecule is Cc1ccc(N2C(=O)NC(=O)/C(=C\c3ccc(N4CCOCC4)o3)C2=O)cc1. The van der Waals surface area contributed by atoms with Gasteiger partial charge in [-0.3, -0.25) is 14.9 Å². The number of urea groups is 1. The highest BCUT2D eigenvalue weighted by Gasteiger charge is 2.37. The van der Waals surface area contributed by atoms with Crippen molar-refractivity contribution < 1.29 is 23.5 Å². The van der Waals surface area contributed by atoms with Gasteiger partial charge < -0.3 is 14.1 Å². The lowest BCUT2D eigenvalue weighted by atomic mass is 10.1. The largest absolute Gasteiger partial charge is 0.441 e. The number of imide groups is 2. The van der Waals surface area contributed by atoms with Crippen molar-refractivity contribution in [3.63, 3.8) is 0 Å². The van der Waals surface area contributed by atoms with Crippen LogP contribution < -0.4 is 15.1 Å². The first kappa shape index (κ1) is 18.0. The van der Waals surface area contributed by atoms with Crippen molar-refractivity contribution in [1.29, 1.82) is 0 Å². The molecule has 144 valence electrons. The van der Waals surface area contributed by atoms with Crippen molar-refractivity contribution in [2.75, 3.05) is 36.1 Å². The zero-order valence-electron chi connectivity index (χ0n) is 15.3. The number of morpholine rings is 1. The number of nitrogens with zero attached hydrogens (tertiary/aromatic N) is 2. The molecule has 3 heterocycles. The van der Waals surface area contributed by atoms with Gasteiger partial charge in [0, 0.05) is 19.2 Å². The molecule has 1 aromatic heterocycles. The Kier molecular flexibility index (Phi) is 4.70. The summed E-state index contributed by atoms with van der Waals surface area (Å²) in [5, 5.41) is 2.20. The lowest BCUT2D eigenvalue weighted by molar-refractivity contribution is -0.122. The van der Waals surface area contributed by atoms with E-state index >= 15 is 0 Å². The zero-order valence-corrected chi connectivity index (χ0v) is 15.3. The summed E-state index contributed by atoms with van der Waals surface area (Å²) in [6.07, 6.45) is 1.36. The second kappa shape index (κ2) is 7.32. The fraction of sp³-hybridized carbons (Fsp3) is 0.250. The first-order valence-corrected chi connectivity index (χ1v) is 8.93. The highest BCUT2D eigenvalue weighted by atomic mass is 16.5. The molecular weight excluding hydrogens is 362 g/mol. The molecule has 0 aliphatic carbocycles. The molecule has 2 fully saturated rings. The molecular formula is C20H19N3O5. The third-order valence-corrected chi connectivity index (χ3v) is 4.62. The van der Waals surface area contributed by atoms with Crippen LogP contribution in [-0.4, -0.2) is 44.1 Å². The molecule has 0 atom stereocenters. The summed E-state index contributed by atoms with van der Waals surface area (Å²) in [7, 11) is 0. The third-order valence-electron chi connectivity index (χ3n) is 4.62. The summed E-state index contributed by atoms with van der Waals surface area (Å²) in [6.45, 7) is 4.55. The molecule has 2 aliphatic heterocycles. The van der Waals surface area contributed by atoms with Gasteiger partial charge in [-0.05, 0) is 31.2 Å². The first-order valence-electron chi connectivity index (χ1n) is 8.93. The van der Waals surface area contributed by atoms with E-state index in [-0.39, 0.29) is 5.57 Å². The van der Waals surface area contributed by atoms with Crippen LogP contribution in [0.3, 0.4) is 0 Å². The molecule has 2 saturated heterocycles. The normalized spacial score (nSPS) is 19.3. The van der Waals surface area contributed by atoms with E-state index in [1.807, 2.05) is 11.8 Å². The number of anilines is 2. The number of carbonyl (C=O) groups is 3. The zero-order chi connectivity index (χ0) is 19.7. The van der Waals surface area contributed by atoms with Gasteiger partial charge in [-0.2, -0.15) is 0 Å². The van der Waals surface area contributed by atoms with E-state index in [2.05, 4.69) is 5.32 Å². The Bertz CT molecular complexity index is 954. The predicted molar refractivity (Wildman–Crippen MR) is 102 cm³/mol. The summed E-state index contributed by atoms with van der Waals surface area (Å²) < 4.78 is 11.1. The number of rotatable bonds is 3. The van der Waals surface area contributed by atoms with E-state index in [0.717, 1.165) is 10.5 Å². The van der Waals surface area contributed by atoms with Crippen LogP contribution in [0.4, 0.5) is 16.4 Å². The maximum absolute atomic E-state index is 12.9. The van der Waals surface area contributed by atoms with Gasteiger partial charge in [-0.15, -0.1) is 0 Å². The van der Waals surface area contributed by atoms with E-state index in [1.165, 1.54) is 6.08 Å². The quantitative estimate of drug-likeness (QED) is 0.647. The van der Waals surface area contributed by atoms with E-state index in [0.29, 0.717) is 43.6 Å². The fourth-order valence-corrected chi connectivity index (χ4v) is 3.10. The Morgan fingerprint density at radius 3 is 2.43 bits per heavy atom. The smallest absolute Gasteiger partial charge is 0.335 e. The van der Waals surface area contributed by atoms with Crippen LogP contribution in [0, 0.1) is 6.92 Å². The molecule has 0 unspecified atom stereocenters. The van der Waals surface area contributed by atoms with Crippen molar-refractivity contribution >= 4 is 35.5 Å². The summed E-state index contributed by atoms with van der Waals surface area (Å²) in [5.74, 6) is -0.437. The predicted octanol–water partition coefficient (Wildman–Crippen LogP) is 2.09. The molecule has 2 aromatic rings. The van der Waals surface area contributed by atoms with Gasteiger partial charge >= 0.3 is 6.03 Å². The minimum atomic E-state index is -0.774. The molecule has 2 aliphatic rings. The van der Waals surface area contributed by atoms with Crippen molar-refractivity contribution in [2.24, 2.45) is 0 Å². The number of benzene rings is 1. The number of amides is 4. The lowest BCUT2D eigenvalue weighted by Crippen LogP contribution is -2.54. The Morgan fingerprint density at radius 2 is 1.71 bits per heavy atom. The number of barbiturate groups is 1. The van der Waals surface area contributed by atoms with E-state index in [4.69, 9.17) is 9.15 Å². The molecule has 8 heteroatoms. The number of nitrogens with one attached hydrogen (secondary N) is 1. The standard InChI is InChI=1S/C20H19N3O5/c1-13-2-4-14(5-3-13)23-19(25)16(18(24)21-20(23)26)12-15-6-7-17(28-15)22-8-10-27-11-9-22/h2-7,12H,8-11H2,1H3,(H,21,24,26)/b16-12+. The van der Waals surface area contributed by atoms with Crippen LogP contribution in [0.5, 0.6) is 0 Å². The Balaban J connectivity index is 1.61. The van der Waals surface area contributed by atoms with Crippen molar-refractivity contribution in [3.05, 3.63) is 53.3 Å². The van der Waals surface area contributed by atoms with Gasteiger partial charge in [-0.1, -0.05) is 17.7 Å². The van der Waals surface area contributed by atoms with E-state index < -0.39 is 17.8 Å². The lowest BCUT2D eigenvalue weighted by Gasteiger charge is -2.26. The number of aryl methyl sites for hydroxylation is 1. The van der Waals surface area contributed by atoms with E-state index in [1.54, 1.807) is 36.4 Å². The molecule has 0 bridgehead atoms. The summed E-state index contributed by atoms with van der Waals surface area (Å²) >= 11 is 0. The van der Waals surface area contributed by atoms with Crippen molar-refractivity contribution in [1.82, 2.24) is 5.32 Å². The van der Waals surface area contributed by atoms with Crippen LogP contribution in [-0.2, 0) is 14.3 Å². The molecule has 0 spiro atoms. The monoisotopic (exact) mass is 381 g/mol. The molecule has 8 nitrogen and oxygen atoms in total. The molecule has 1 N–H and O–H groups in total. The minimum Gasteiger partial charge on any atom is -0.441 e. The molecule has 1 aromatic carbocycles. The van der Waals surface area contributed by atoms with Crippen LogP contribution in [0.1, 0.15) is 11.3 Å². The summed E-state index contributed by atoms with van der Waals surface area (Å²) in [4.78, 5) is 40.3. The average molecular weight is 381 g/mol. The van der Waals surface area contributed by atoms with Gasteiger partial charge in [0.25, 0.3) is 11.8 Å². The maximum Gasteiger partial charge on any atom is 0.335 e. The van der Waals surface area contributed by atoms with Gasteiger partial charge in [0.2, 0.25) is 0 Å². The average Bonchev–Trinajstić information content (AvgIpc) is 3.16. The highest BCUT2D eigenvalue weighted by Crippen LogP contribution is 2.25. The molecule has 0 saturated carbocycles. The molecule has 0 radical (unpaired) electrons. The third kappa shape index (κ3) is 3.41. The number of carbonyl (C=O) groups excluding carboxylic acids is 3.